The van der Waals surface area contributed by atoms with Crippen LogP contribution in [0.1, 0.15) is 18.1 Å². The second kappa shape index (κ2) is 10.2. The van der Waals surface area contributed by atoms with Crippen molar-refractivity contribution in [2.24, 2.45) is 0 Å². The van der Waals surface area contributed by atoms with E-state index >= 15 is 0 Å². The van der Waals surface area contributed by atoms with Crippen LogP contribution < -0.4 is 14.2 Å². The molecule has 0 aromatic heterocycles. The summed E-state index contributed by atoms with van der Waals surface area (Å²) < 4.78 is 16.0. The third kappa shape index (κ3) is 5.33. The van der Waals surface area contributed by atoms with Gasteiger partial charge in [0.1, 0.15) is 5.75 Å². The molecule has 0 radical (unpaired) electrons. The van der Waals surface area contributed by atoms with E-state index < -0.39 is 0 Å². The number of carbonyl (C=O) groups is 1. The molecule has 0 aliphatic heterocycles. The zero-order valence-electron chi connectivity index (χ0n) is 16.3. The molecule has 0 unspecified atom stereocenters. The van der Waals surface area contributed by atoms with Gasteiger partial charge >= 0.3 is 0 Å². The summed E-state index contributed by atoms with van der Waals surface area (Å²) in [6.45, 7) is 2.90. The first-order valence-electron chi connectivity index (χ1n) is 8.64. The van der Waals surface area contributed by atoms with Gasteiger partial charge in [-0.25, -0.2) is 0 Å². The fourth-order valence-corrected chi connectivity index (χ4v) is 2.97. The van der Waals surface area contributed by atoms with E-state index in [4.69, 9.17) is 37.4 Å². The summed E-state index contributed by atoms with van der Waals surface area (Å²) in [5.74, 6) is 1.55. The summed E-state index contributed by atoms with van der Waals surface area (Å²) in [7, 11) is 4.67. The summed E-state index contributed by atoms with van der Waals surface area (Å²) in [6.07, 6.45) is 3.20. The molecule has 2 aromatic rings. The fourth-order valence-electron chi connectivity index (χ4n) is 2.65. The van der Waals surface area contributed by atoms with E-state index in [2.05, 4.69) is 0 Å². The van der Waals surface area contributed by atoms with Crippen LogP contribution >= 0.6 is 23.2 Å². The molecular formula is C21H23Cl2NO4. The lowest BCUT2D eigenvalue weighted by molar-refractivity contribution is -0.126. The van der Waals surface area contributed by atoms with Gasteiger partial charge in [-0.15, -0.1) is 0 Å². The zero-order valence-corrected chi connectivity index (χ0v) is 17.8. The topological polar surface area (TPSA) is 48.0 Å². The molecule has 1 amide bonds. The van der Waals surface area contributed by atoms with Gasteiger partial charge in [0.25, 0.3) is 0 Å². The van der Waals surface area contributed by atoms with E-state index in [9.17, 15) is 4.79 Å². The first kappa shape index (κ1) is 21.9. The van der Waals surface area contributed by atoms with E-state index in [-0.39, 0.29) is 5.91 Å². The van der Waals surface area contributed by atoms with Gasteiger partial charge in [-0.2, -0.15) is 0 Å². The first-order chi connectivity index (χ1) is 13.4. The van der Waals surface area contributed by atoms with Crippen LogP contribution in [0.4, 0.5) is 0 Å². The summed E-state index contributed by atoms with van der Waals surface area (Å²) in [6, 6.07) is 8.82. The van der Waals surface area contributed by atoms with Crippen molar-refractivity contribution in [1.29, 1.82) is 0 Å². The van der Waals surface area contributed by atoms with Crippen molar-refractivity contribution in [3.63, 3.8) is 0 Å². The van der Waals surface area contributed by atoms with Crippen LogP contribution in [0.15, 0.2) is 36.4 Å². The second-order valence-corrected chi connectivity index (χ2v) is 6.70. The third-order valence-electron chi connectivity index (χ3n) is 4.19. The number of halogens is 2. The molecule has 0 aliphatic rings. The molecule has 2 rings (SSSR count). The Kier molecular flexibility index (Phi) is 8.03. The molecule has 150 valence electrons. The highest BCUT2D eigenvalue weighted by atomic mass is 35.5. The third-order valence-corrected chi connectivity index (χ3v) is 4.93. The molecule has 0 aliphatic carbocycles. The second-order valence-electron chi connectivity index (χ2n) is 5.88. The van der Waals surface area contributed by atoms with Crippen LogP contribution in [0.3, 0.4) is 0 Å². The van der Waals surface area contributed by atoms with Crippen LogP contribution in [-0.4, -0.2) is 38.7 Å². The number of benzene rings is 2. The van der Waals surface area contributed by atoms with E-state index in [1.807, 2.05) is 13.0 Å². The number of rotatable bonds is 8. The van der Waals surface area contributed by atoms with Gasteiger partial charge in [0.15, 0.2) is 11.5 Å². The van der Waals surface area contributed by atoms with E-state index in [1.54, 1.807) is 56.6 Å². The van der Waals surface area contributed by atoms with Crippen LogP contribution in [0.5, 0.6) is 17.2 Å². The zero-order chi connectivity index (χ0) is 20.7. The number of carbonyl (C=O) groups excluding carboxylic acids is 1. The summed E-state index contributed by atoms with van der Waals surface area (Å²) in [5.41, 5.74) is 1.61. The van der Waals surface area contributed by atoms with Gasteiger partial charge < -0.3 is 19.1 Å². The number of amides is 1. The van der Waals surface area contributed by atoms with Crippen molar-refractivity contribution in [1.82, 2.24) is 4.90 Å². The average Bonchev–Trinajstić information content (AvgIpc) is 2.71. The number of ether oxygens (including phenoxy) is 3. The van der Waals surface area contributed by atoms with E-state index in [1.165, 1.54) is 6.08 Å². The smallest absolute Gasteiger partial charge is 0.246 e. The highest BCUT2D eigenvalue weighted by molar-refractivity contribution is 6.42. The maximum absolute atomic E-state index is 12.7. The van der Waals surface area contributed by atoms with Crippen LogP contribution in [-0.2, 0) is 11.3 Å². The molecule has 0 N–H and O–H groups in total. The molecule has 0 atom stereocenters. The Hall–Kier alpha value is -2.37. The SMILES string of the molecule is CCN(Cc1ccc(Cl)c(Cl)c1)C(=O)/C=C/c1cc(OC)c(OC)cc1OC. The number of methoxy groups -OCH3 is 3. The molecule has 5 nitrogen and oxygen atoms in total. The molecule has 0 saturated heterocycles. The van der Waals surface area contributed by atoms with Crippen LogP contribution in [0.2, 0.25) is 10.0 Å². The normalized spacial score (nSPS) is 10.8. The van der Waals surface area contributed by atoms with Crippen molar-refractivity contribution >= 4 is 35.2 Å². The molecule has 2 aromatic carbocycles. The maximum Gasteiger partial charge on any atom is 0.246 e. The van der Waals surface area contributed by atoms with Crippen molar-refractivity contribution in [2.75, 3.05) is 27.9 Å². The number of hydrogen-bond donors (Lipinski definition) is 0. The van der Waals surface area contributed by atoms with Crippen LogP contribution in [0, 0.1) is 0 Å². The average molecular weight is 424 g/mol. The monoisotopic (exact) mass is 423 g/mol. The van der Waals surface area contributed by atoms with Gasteiger partial charge in [-0.1, -0.05) is 29.3 Å². The molecule has 28 heavy (non-hydrogen) atoms. The largest absolute Gasteiger partial charge is 0.496 e. The molecule has 0 spiro atoms. The standard InChI is InChI=1S/C21H23Cl2NO4/c1-5-24(13-14-6-8-16(22)17(23)10-14)21(25)9-7-15-11-19(27-3)20(28-4)12-18(15)26-2/h6-12H,5,13H2,1-4H3/b9-7+. The number of likely N-dealkylation sites (N-methyl/N-ethyl adjacent to an activating group) is 1. The number of nitrogens with zero attached hydrogens (tertiary/aromatic N) is 1. The quantitative estimate of drug-likeness (QED) is 0.555. The Morgan fingerprint density at radius 1 is 0.964 bits per heavy atom. The Bertz CT molecular complexity index is 868. The predicted molar refractivity (Wildman–Crippen MR) is 113 cm³/mol. The molecule has 0 fully saturated rings. The van der Waals surface area contributed by atoms with Crippen molar-refractivity contribution in [3.05, 3.63) is 57.6 Å². The molecule has 0 saturated carbocycles. The van der Waals surface area contributed by atoms with Crippen molar-refractivity contribution in [3.8, 4) is 17.2 Å². The number of hydrogen-bond acceptors (Lipinski definition) is 4. The van der Waals surface area contributed by atoms with Gasteiger partial charge in [0, 0.05) is 30.8 Å². The molecule has 7 heteroatoms. The summed E-state index contributed by atoms with van der Waals surface area (Å²) >= 11 is 12.0. The fraction of sp³-hybridized carbons (Fsp3) is 0.286. The highest BCUT2D eigenvalue weighted by Crippen LogP contribution is 2.35. The lowest BCUT2D eigenvalue weighted by atomic mass is 10.1. The Labute approximate surface area is 175 Å². The molecule has 0 bridgehead atoms. The lowest BCUT2D eigenvalue weighted by Crippen LogP contribution is -2.28. The van der Waals surface area contributed by atoms with Crippen molar-refractivity contribution < 1.29 is 19.0 Å². The minimum absolute atomic E-state index is 0.134. The van der Waals surface area contributed by atoms with Gasteiger partial charge in [0.05, 0.1) is 31.4 Å². The van der Waals surface area contributed by atoms with Crippen LogP contribution in [0.25, 0.3) is 6.08 Å². The van der Waals surface area contributed by atoms with Gasteiger partial charge in [-0.3, -0.25) is 4.79 Å². The van der Waals surface area contributed by atoms with Gasteiger partial charge in [0.2, 0.25) is 5.91 Å². The lowest BCUT2D eigenvalue weighted by Gasteiger charge is -2.19. The minimum Gasteiger partial charge on any atom is -0.496 e. The summed E-state index contributed by atoms with van der Waals surface area (Å²) in [4.78, 5) is 14.4. The van der Waals surface area contributed by atoms with Gasteiger partial charge in [-0.05, 0) is 36.8 Å². The highest BCUT2D eigenvalue weighted by Gasteiger charge is 2.13. The molecule has 0 heterocycles. The summed E-state index contributed by atoms with van der Waals surface area (Å²) in [5, 5.41) is 0.952. The van der Waals surface area contributed by atoms with E-state index in [0.29, 0.717) is 45.9 Å². The Balaban J connectivity index is 2.21. The van der Waals surface area contributed by atoms with E-state index in [0.717, 1.165) is 5.56 Å². The Morgan fingerprint density at radius 3 is 2.18 bits per heavy atom. The first-order valence-corrected chi connectivity index (χ1v) is 9.40. The van der Waals surface area contributed by atoms with Crippen molar-refractivity contribution in [2.45, 2.75) is 13.5 Å². The Morgan fingerprint density at radius 2 is 1.61 bits per heavy atom. The predicted octanol–water partition coefficient (Wildman–Crippen LogP) is 5.08. The minimum atomic E-state index is -0.134. The maximum atomic E-state index is 12.7. The molecular weight excluding hydrogens is 401 g/mol.